The van der Waals surface area contributed by atoms with Gasteiger partial charge in [-0.2, -0.15) is 5.26 Å². The van der Waals surface area contributed by atoms with Crippen LogP contribution in [0.15, 0.2) is 101 Å². The molecule has 11 nitrogen and oxygen atoms in total. The fraction of sp³-hybridized carbons (Fsp3) is 0.395. The van der Waals surface area contributed by atoms with Crippen molar-refractivity contribution < 1.29 is 23.3 Å². The SMILES string of the molecule is COc1ccc(C(OCC[C@@H](Cn2ccc(=O)[nH]c2=O)OP(OCCC#N)N(C(C)C)C(C)C)(c2ccccc2)c2ccc(OC)cc2)cc1. The van der Waals surface area contributed by atoms with E-state index in [9.17, 15) is 14.9 Å². The number of aromatic amines is 1. The molecule has 0 saturated heterocycles. The van der Waals surface area contributed by atoms with Crippen molar-refractivity contribution in [1.29, 1.82) is 5.26 Å². The van der Waals surface area contributed by atoms with Gasteiger partial charge >= 0.3 is 5.69 Å². The Morgan fingerprint density at radius 1 is 0.820 bits per heavy atom. The normalized spacial score (nSPS) is 13.0. The van der Waals surface area contributed by atoms with E-state index >= 15 is 0 Å². The monoisotopic (exact) mass is 702 g/mol. The average molecular weight is 703 g/mol. The summed E-state index contributed by atoms with van der Waals surface area (Å²) in [6, 6.07) is 29.2. The standard InChI is InChI=1S/C38H47N4O7P/c1-28(2)42(29(3)4)50(48-25-10-23-39)49-35(27-41-24-21-36(43)40-37(41)44)22-26-47-38(30-11-8-7-9-12-30,31-13-17-33(45-5)18-14-31)32-15-19-34(46-6)20-16-32/h7-9,11-21,24,28-29,35H,10,22,25-27H2,1-6H3,(H,40,43,44)/t35-,50?/m0/s1. The summed E-state index contributed by atoms with van der Waals surface area (Å²) >= 11 is 0. The van der Waals surface area contributed by atoms with Gasteiger partial charge in [0.15, 0.2) is 0 Å². The highest BCUT2D eigenvalue weighted by Gasteiger charge is 2.38. The number of methoxy groups -OCH3 is 2. The first-order valence-electron chi connectivity index (χ1n) is 16.7. The van der Waals surface area contributed by atoms with Gasteiger partial charge in [-0.1, -0.05) is 54.6 Å². The number of ether oxygens (including phenoxy) is 3. The van der Waals surface area contributed by atoms with Crippen LogP contribution in [0.4, 0.5) is 0 Å². The number of nitriles is 1. The lowest BCUT2D eigenvalue weighted by atomic mass is 9.80. The minimum absolute atomic E-state index is 0.0757. The van der Waals surface area contributed by atoms with Gasteiger partial charge in [0.25, 0.3) is 14.1 Å². The maximum atomic E-state index is 12.8. The van der Waals surface area contributed by atoms with Crippen molar-refractivity contribution in [3.8, 4) is 17.6 Å². The number of nitrogens with zero attached hydrogens (tertiary/aromatic N) is 3. The second-order valence-electron chi connectivity index (χ2n) is 12.2. The van der Waals surface area contributed by atoms with Crippen molar-refractivity contribution >= 4 is 8.53 Å². The van der Waals surface area contributed by atoms with Gasteiger partial charge in [-0.05, 0) is 75.1 Å². The summed E-state index contributed by atoms with van der Waals surface area (Å²) in [7, 11) is 1.62. The van der Waals surface area contributed by atoms with Crippen molar-refractivity contribution in [2.75, 3.05) is 27.4 Å². The van der Waals surface area contributed by atoms with Crippen LogP contribution in [0, 0.1) is 11.3 Å². The van der Waals surface area contributed by atoms with Gasteiger partial charge in [0.05, 0.1) is 52.6 Å². The summed E-state index contributed by atoms with van der Waals surface area (Å²) < 4.78 is 34.6. The second kappa shape index (κ2) is 18.6. The van der Waals surface area contributed by atoms with Gasteiger partial charge in [0.1, 0.15) is 17.1 Å². The lowest BCUT2D eigenvalue weighted by molar-refractivity contribution is -0.00624. The van der Waals surface area contributed by atoms with E-state index in [-0.39, 0.29) is 38.3 Å². The lowest BCUT2D eigenvalue weighted by Crippen LogP contribution is -2.38. The fourth-order valence-electron chi connectivity index (χ4n) is 5.82. The van der Waals surface area contributed by atoms with Crippen LogP contribution in [-0.4, -0.2) is 59.8 Å². The van der Waals surface area contributed by atoms with Gasteiger partial charge in [0.2, 0.25) is 0 Å². The smallest absolute Gasteiger partial charge is 0.328 e. The first-order chi connectivity index (χ1) is 24.1. The molecule has 0 saturated carbocycles. The van der Waals surface area contributed by atoms with Crippen molar-refractivity contribution in [2.45, 2.75) is 70.9 Å². The van der Waals surface area contributed by atoms with E-state index in [4.69, 9.17) is 23.3 Å². The Labute approximate surface area is 295 Å². The first kappa shape index (κ1) is 38.5. The Kier molecular flexibility index (Phi) is 14.3. The molecule has 0 radical (unpaired) electrons. The van der Waals surface area contributed by atoms with Crippen molar-refractivity contribution in [3.05, 3.63) is 129 Å². The average Bonchev–Trinajstić information content (AvgIpc) is 3.11. The van der Waals surface area contributed by atoms with E-state index < -0.39 is 31.5 Å². The Morgan fingerprint density at radius 3 is 1.88 bits per heavy atom. The number of H-pyrrole nitrogens is 1. The number of hydrogen-bond acceptors (Lipinski definition) is 9. The van der Waals surface area contributed by atoms with Crippen LogP contribution in [0.3, 0.4) is 0 Å². The summed E-state index contributed by atoms with van der Waals surface area (Å²) in [5, 5.41) is 9.22. The third kappa shape index (κ3) is 9.69. The third-order valence-corrected chi connectivity index (χ3v) is 10.3. The minimum Gasteiger partial charge on any atom is -0.497 e. The largest absolute Gasteiger partial charge is 0.497 e. The molecule has 0 fully saturated rings. The van der Waals surface area contributed by atoms with Crippen LogP contribution in [0.25, 0.3) is 0 Å². The van der Waals surface area contributed by atoms with Gasteiger partial charge in [-0.25, -0.2) is 9.46 Å². The number of aromatic nitrogens is 2. The van der Waals surface area contributed by atoms with Gasteiger partial charge in [0, 0.05) is 24.3 Å². The van der Waals surface area contributed by atoms with Crippen molar-refractivity contribution in [3.63, 3.8) is 0 Å². The molecule has 0 bridgehead atoms. The van der Waals surface area contributed by atoms with Gasteiger partial charge in [-0.3, -0.25) is 14.3 Å². The predicted molar refractivity (Wildman–Crippen MR) is 194 cm³/mol. The Balaban J connectivity index is 1.77. The number of rotatable bonds is 19. The molecule has 3 aromatic carbocycles. The molecule has 1 N–H and O–H groups in total. The molecule has 50 heavy (non-hydrogen) atoms. The van der Waals surface area contributed by atoms with Gasteiger partial charge < -0.3 is 23.3 Å². The zero-order chi connectivity index (χ0) is 36.1. The van der Waals surface area contributed by atoms with Crippen LogP contribution in [0.5, 0.6) is 11.5 Å². The highest BCUT2D eigenvalue weighted by atomic mass is 31.2. The molecule has 266 valence electrons. The Bertz CT molecular complexity index is 1720. The summed E-state index contributed by atoms with van der Waals surface area (Å²) in [6.07, 6.45) is 1.45. The van der Waals surface area contributed by atoms with Crippen LogP contribution in [0.2, 0.25) is 0 Å². The topological polar surface area (TPSA) is 128 Å². The van der Waals surface area contributed by atoms with E-state index in [1.165, 1.54) is 16.8 Å². The number of hydrogen-bond donors (Lipinski definition) is 1. The summed E-state index contributed by atoms with van der Waals surface area (Å²) in [6.45, 7) is 8.80. The number of nitrogens with one attached hydrogen (secondary N) is 1. The summed E-state index contributed by atoms with van der Waals surface area (Å²) in [5.74, 6) is 1.43. The Hall–Kier alpha value is -4.30. The molecule has 2 atom stereocenters. The molecule has 1 aromatic heterocycles. The number of benzene rings is 3. The van der Waals surface area contributed by atoms with Crippen LogP contribution >= 0.6 is 8.53 Å². The first-order valence-corrected chi connectivity index (χ1v) is 17.8. The van der Waals surface area contributed by atoms with Crippen LogP contribution in [-0.2, 0) is 25.9 Å². The molecule has 4 rings (SSSR count). The van der Waals surface area contributed by atoms with E-state index in [0.29, 0.717) is 6.42 Å². The fourth-order valence-corrected chi connectivity index (χ4v) is 7.56. The molecule has 4 aromatic rings. The Morgan fingerprint density at radius 2 is 1.38 bits per heavy atom. The van der Waals surface area contributed by atoms with E-state index in [2.05, 4.69) is 43.4 Å². The summed E-state index contributed by atoms with van der Waals surface area (Å²) in [5.41, 5.74) is 0.619. The molecule has 1 unspecified atom stereocenters. The molecule has 0 amide bonds. The maximum absolute atomic E-state index is 12.8. The molecule has 1 heterocycles. The molecule has 0 aliphatic carbocycles. The molecule has 0 spiro atoms. The minimum atomic E-state index is -1.64. The quantitative estimate of drug-likeness (QED) is 0.0652. The van der Waals surface area contributed by atoms with Crippen LogP contribution < -0.4 is 20.7 Å². The highest BCUT2D eigenvalue weighted by molar-refractivity contribution is 7.44. The second-order valence-corrected chi connectivity index (χ2v) is 13.6. The van der Waals surface area contributed by atoms with Crippen molar-refractivity contribution in [1.82, 2.24) is 14.2 Å². The van der Waals surface area contributed by atoms with E-state index in [1.54, 1.807) is 14.2 Å². The van der Waals surface area contributed by atoms with E-state index in [0.717, 1.165) is 28.2 Å². The van der Waals surface area contributed by atoms with Gasteiger partial charge in [-0.15, -0.1) is 0 Å². The molecule has 0 aliphatic rings. The molecule has 0 aliphatic heterocycles. The molecular formula is C38H47N4O7P. The third-order valence-electron chi connectivity index (χ3n) is 8.13. The lowest BCUT2D eigenvalue weighted by Gasteiger charge is -2.38. The maximum Gasteiger partial charge on any atom is 0.328 e. The van der Waals surface area contributed by atoms with Crippen molar-refractivity contribution in [2.24, 2.45) is 0 Å². The molecular weight excluding hydrogens is 655 g/mol. The highest BCUT2D eigenvalue weighted by Crippen LogP contribution is 2.48. The van der Waals surface area contributed by atoms with E-state index in [1.807, 2.05) is 78.9 Å². The zero-order valence-electron chi connectivity index (χ0n) is 29.6. The zero-order valence-corrected chi connectivity index (χ0v) is 30.5. The molecule has 12 heteroatoms. The predicted octanol–water partition coefficient (Wildman–Crippen LogP) is 6.61. The summed E-state index contributed by atoms with van der Waals surface area (Å²) in [4.78, 5) is 27.1. The van der Waals surface area contributed by atoms with Crippen LogP contribution in [0.1, 0.15) is 57.2 Å².